The van der Waals surface area contributed by atoms with Gasteiger partial charge in [-0.05, 0) is 56.2 Å². The number of hydrogen-bond acceptors (Lipinski definition) is 3. The third kappa shape index (κ3) is 5.52. The van der Waals surface area contributed by atoms with E-state index in [0.717, 1.165) is 32.8 Å². The van der Waals surface area contributed by atoms with Crippen molar-refractivity contribution in [3.8, 4) is 11.5 Å². The average Bonchev–Trinajstić information content (AvgIpc) is 2.68. The van der Waals surface area contributed by atoms with E-state index in [-0.39, 0.29) is 0 Å². The first-order chi connectivity index (χ1) is 13.5. The van der Waals surface area contributed by atoms with Gasteiger partial charge >= 0.3 is 0 Å². The molecule has 4 heteroatoms. The summed E-state index contributed by atoms with van der Waals surface area (Å²) in [6.07, 6.45) is 0. The molecule has 0 radical (unpaired) electrons. The normalized spacial score (nSPS) is 10.6. The van der Waals surface area contributed by atoms with Crippen molar-refractivity contribution in [3.05, 3.63) is 87.4 Å². The van der Waals surface area contributed by atoms with Crippen LogP contribution in [0.2, 0.25) is 0 Å². The molecule has 3 nitrogen and oxygen atoms in total. The molecule has 3 aromatic rings. The summed E-state index contributed by atoms with van der Waals surface area (Å²) in [6, 6.07) is 20.8. The predicted molar refractivity (Wildman–Crippen MR) is 119 cm³/mol. The fraction of sp³-hybridized carbons (Fsp3) is 0.250. The van der Waals surface area contributed by atoms with Crippen LogP contribution in [-0.2, 0) is 13.2 Å². The van der Waals surface area contributed by atoms with E-state index >= 15 is 0 Å². The van der Waals surface area contributed by atoms with E-state index in [4.69, 9.17) is 9.47 Å². The third-order valence-electron chi connectivity index (χ3n) is 4.42. The van der Waals surface area contributed by atoms with Crippen molar-refractivity contribution in [3.63, 3.8) is 0 Å². The number of halogens is 1. The van der Waals surface area contributed by atoms with Gasteiger partial charge < -0.3 is 14.8 Å². The Morgan fingerprint density at radius 1 is 0.857 bits per heavy atom. The largest absolute Gasteiger partial charge is 0.490 e. The van der Waals surface area contributed by atoms with Crippen LogP contribution in [0.1, 0.15) is 29.2 Å². The van der Waals surface area contributed by atoms with Gasteiger partial charge in [0.05, 0.1) is 6.61 Å². The molecule has 0 aliphatic heterocycles. The fourth-order valence-electron chi connectivity index (χ4n) is 2.93. The van der Waals surface area contributed by atoms with Crippen LogP contribution in [0.5, 0.6) is 11.5 Å². The molecule has 146 valence electrons. The zero-order valence-corrected chi connectivity index (χ0v) is 18.2. The molecule has 0 fully saturated rings. The summed E-state index contributed by atoms with van der Waals surface area (Å²) in [5.41, 5.74) is 5.83. The maximum absolute atomic E-state index is 6.07. The number of rotatable bonds is 8. The molecule has 0 amide bonds. The zero-order valence-electron chi connectivity index (χ0n) is 16.6. The Morgan fingerprint density at radius 2 is 1.61 bits per heavy atom. The molecular weight excluding hydrogens is 414 g/mol. The number of anilines is 1. The lowest BCUT2D eigenvalue weighted by molar-refractivity contribution is 0.269. The van der Waals surface area contributed by atoms with Crippen LogP contribution < -0.4 is 14.8 Å². The van der Waals surface area contributed by atoms with Gasteiger partial charge in [0.25, 0.3) is 0 Å². The van der Waals surface area contributed by atoms with Crippen LogP contribution >= 0.6 is 15.9 Å². The Hall–Kier alpha value is -2.46. The Bertz CT molecular complexity index is 922. The van der Waals surface area contributed by atoms with Crippen molar-refractivity contribution in [1.82, 2.24) is 0 Å². The highest BCUT2D eigenvalue weighted by Gasteiger charge is 2.11. The van der Waals surface area contributed by atoms with Crippen LogP contribution in [0, 0.1) is 13.8 Å². The van der Waals surface area contributed by atoms with Gasteiger partial charge in [0.15, 0.2) is 11.5 Å². The topological polar surface area (TPSA) is 30.5 Å². The molecule has 3 aromatic carbocycles. The van der Waals surface area contributed by atoms with Gasteiger partial charge in [-0.15, -0.1) is 0 Å². The minimum absolute atomic E-state index is 0.509. The second-order valence-corrected chi connectivity index (χ2v) is 7.68. The highest BCUT2D eigenvalue weighted by atomic mass is 79.9. The van der Waals surface area contributed by atoms with Crippen molar-refractivity contribution >= 4 is 21.6 Å². The second kappa shape index (κ2) is 9.65. The molecule has 0 saturated heterocycles. The summed E-state index contributed by atoms with van der Waals surface area (Å²) < 4.78 is 12.9. The standard InChI is InChI=1S/C24H26BrNO2/c1-4-27-23-13-20(15-26-21-10-8-17(2)9-11-21)22(25)14-24(23)28-16-19-7-5-6-18(3)12-19/h5-14,26H,4,15-16H2,1-3H3. The number of benzene rings is 3. The third-order valence-corrected chi connectivity index (χ3v) is 5.16. The maximum atomic E-state index is 6.07. The van der Waals surface area contributed by atoms with Crippen molar-refractivity contribution in [2.45, 2.75) is 33.9 Å². The smallest absolute Gasteiger partial charge is 0.162 e. The number of hydrogen-bond donors (Lipinski definition) is 1. The van der Waals surface area contributed by atoms with Gasteiger partial charge in [-0.2, -0.15) is 0 Å². The van der Waals surface area contributed by atoms with E-state index in [1.54, 1.807) is 0 Å². The molecule has 3 rings (SSSR count). The van der Waals surface area contributed by atoms with E-state index in [1.807, 2.05) is 25.1 Å². The summed E-state index contributed by atoms with van der Waals surface area (Å²) in [4.78, 5) is 0. The van der Waals surface area contributed by atoms with Crippen LogP contribution in [-0.4, -0.2) is 6.61 Å². The van der Waals surface area contributed by atoms with Gasteiger partial charge in [-0.25, -0.2) is 0 Å². The summed E-state index contributed by atoms with van der Waals surface area (Å²) in [5, 5.41) is 3.46. The molecule has 0 heterocycles. The Balaban J connectivity index is 1.74. The van der Waals surface area contributed by atoms with Crippen molar-refractivity contribution in [2.75, 3.05) is 11.9 Å². The maximum Gasteiger partial charge on any atom is 0.162 e. The van der Waals surface area contributed by atoms with Crippen LogP contribution in [0.4, 0.5) is 5.69 Å². The summed E-state index contributed by atoms with van der Waals surface area (Å²) in [7, 11) is 0. The second-order valence-electron chi connectivity index (χ2n) is 6.82. The summed E-state index contributed by atoms with van der Waals surface area (Å²) in [5.74, 6) is 1.51. The van der Waals surface area contributed by atoms with E-state index in [1.165, 1.54) is 11.1 Å². The first-order valence-electron chi connectivity index (χ1n) is 9.49. The number of aryl methyl sites for hydroxylation is 2. The molecule has 0 aliphatic rings. The highest BCUT2D eigenvalue weighted by Crippen LogP contribution is 2.35. The summed E-state index contributed by atoms with van der Waals surface area (Å²) >= 11 is 3.68. The molecule has 28 heavy (non-hydrogen) atoms. The summed E-state index contributed by atoms with van der Waals surface area (Å²) in [6.45, 7) is 7.95. The highest BCUT2D eigenvalue weighted by molar-refractivity contribution is 9.10. The van der Waals surface area contributed by atoms with Gasteiger partial charge in [0.2, 0.25) is 0 Å². The quantitative estimate of drug-likeness (QED) is 0.425. The van der Waals surface area contributed by atoms with Crippen LogP contribution in [0.3, 0.4) is 0 Å². The van der Waals surface area contributed by atoms with E-state index < -0.39 is 0 Å². The van der Waals surface area contributed by atoms with Crippen molar-refractivity contribution in [1.29, 1.82) is 0 Å². The first-order valence-corrected chi connectivity index (χ1v) is 10.3. The van der Waals surface area contributed by atoms with Crippen molar-refractivity contribution < 1.29 is 9.47 Å². The molecule has 0 atom stereocenters. The first kappa shape index (κ1) is 20.3. The fourth-order valence-corrected chi connectivity index (χ4v) is 3.39. The minimum atomic E-state index is 0.509. The van der Waals surface area contributed by atoms with Gasteiger partial charge in [0.1, 0.15) is 6.61 Å². The molecule has 0 spiro atoms. The molecule has 0 saturated carbocycles. The predicted octanol–water partition coefficient (Wildman–Crippen LogP) is 6.66. The molecule has 1 N–H and O–H groups in total. The monoisotopic (exact) mass is 439 g/mol. The van der Waals surface area contributed by atoms with Crippen LogP contribution in [0.25, 0.3) is 0 Å². The Labute approximate surface area is 175 Å². The zero-order chi connectivity index (χ0) is 19.9. The SMILES string of the molecule is CCOc1cc(CNc2ccc(C)cc2)c(Br)cc1OCc1cccc(C)c1. The lowest BCUT2D eigenvalue weighted by Gasteiger charge is -2.16. The molecule has 0 aromatic heterocycles. The molecular formula is C24H26BrNO2. The lowest BCUT2D eigenvalue weighted by Crippen LogP contribution is -2.04. The Kier molecular flexibility index (Phi) is 6.99. The molecule has 0 aliphatic carbocycles. The minimum Gasteiger partial charge on any atom is -0.490 e. The lowest BCUT2D eigenvalue weighted by atomic mass is 10.1. The van der Waals surface area contributed by atoms with E-state index in [2.05, 4.69) is 77.6 Å². The van der Waals surface area contributed by atoms with E-state index in [0.29, 0.717) is 19.8 Å². The molecule has 0 bridgehead atoms. The van der Waals surface area contributed by atoms with Crippen LogP contribution in [0.15, 0.2) is 65.1 Å². The Morgan fingerprint density at radius 3 is 2.32 bits per heavy atom. The number of ether oxygens (including phenoxy) is 2. The van der Waals surface area contributed by atoms with Crippen molar-refractivity contribution in [2.24, 2.45) is 0 Å². The van der Waals surface area contributed by atoms with Gasteiger partial charge in [-0.1, -0.05) is 63.5 Å². The van der Waals surface area contributed by atoms with E-state index in [9.17, 15) is 0 Å². The average molecular weight is 440 g/mol. The van der Waals surface area contributed by atoms with Gasteiger partial charge in [0, 0.05) is 16.7 Å². The number of nitrogens with one attached hydrogen (secondary N) is 1. The van der Waals surface area contributed by atoms with Gasteiger partial charge in [-0.3, -0.25) is 0 Å². The molecule has 0 unspecified atom stereocenters.